The summed E-state index contributed by atoms with van der Waals surface area (Å²) in [7, 11) is 1.64. The largest absolute Gasteiger partial charge is 0.497 e. The fourth-order valence-electron chi connectivity index (χ4n) is 4.59. The first-order chi connectivity index (χ1) is 16.1. The second-order valence-corrected chi connectivity index (χ2v) is 8.81. The summed E-state index contributed by atoms with van der Waals surface area (Å²) >= 11 is 0. The highest BCUT2D eigenvalue weighted by Crippen LogP contribution is 2.31. The Hall–Kier alpha value is -3.52. The predicted molar refractivity (Wildman–Crippen MR) is 126 cm³/mol. The molecule has 4 aromatic rings. The van der Waals surface area contributed by atoms with Gasteiger partial charge in [0, 0.05) is 16.5 Å². The molecule has 170 valence electrons. The molecule has 2 aromatic carbocycles. The number of rotatable bonds is 6. The number of piperidine rings is 1. The van der Waals surface area contributed by atoms with Crippen LogP contribution in [0.3, 0.4) is 0 Å². The molecule has 33 heavy (non-hydrogen) atoms. The minimum Gasteiger partial charge on any atom is -0.497 e. The number of tetrazole rings is 1. The van der Waals surface area contributed by atoms with Gasteiger partial charge in [-0.05, 0) is 72.1 Å². The van der Waals surface area contributed by atoms with Crippen molar-refractivity contribution in [2.45, 2.75) is 32.4 Å². The number of aromatic nitrogens is 5. The highest BCUT2D eigenvalue weighted by atomic mass is 16.5. The van der Waals surface area contributed by atoms with Crippen molar-refractivity contribution in [3.63, 3.8) is 0 Å². The van der Waals surface area contributed by atoms with E-state index in [1.807, 2.05) is 47.1 Å². The molecule has 1 aliphatic rings. The Morgan fingerprint density at radius 1 is 1.12 bits per heavy atom. The lowest BCUT2D eigenvalue weighted by atomic mass is 9.95. The highest BCUT2D eigenvalue weighted by molar-refractivity contribution is 5.80. The maximum absolute atomic E-state index is 13.3. The molecule has 1 N–H and O–H groups in total. The van der Waals surface area contributed by atoms with Crippen LogP contribution in [0.2, 0.25) is 0 Å². The SMILES string of the molecule is COc1ccc2[nH]c(=O)c([C@@H](c3nnnn3Cc3ccccc3)N3CCC(C)CC3)cc2c1. The van der Waals surface area contributed by atoms with Crippen LogP contribution in [-0.4, -0.2) is 50.3 Å². The third kappa shape index (κ3) is 4.39. The van der Waals surface area contributed by atoms with Crippen LogP contribution in [0.5, 0.6) is 5.75 Å². The van der Waals surface area contributed by atoms with E-state index in [-0.39, 0.29) is 11.6 Å². The van der Waals surface area contributed by atoms with Crippen molar-refractivity contribution in [3.8, 4) is 5.75 Å². The topological polar surface area (TPSA) is 88.9 Å². The first-order valence-corrected chi connectivity index (χ1v) is 11.4. The molecule has 2 aromatic heterocycles. The minimum atomic E-state index is -0.337. The van der Waals surface area contributed by atoms with Crippen LogP contribution in [0.15, 0.2) is 59.4 Å². The third-order valence-corrected chi connectivity index (χ3v) is 6.54. The van der Waals surface area contributed by atoms with Crippen LogP contribution in [0.25, 0.3) is 10.9 Å². The van der Waals surface area contributed by atoms with Crippen LogP contribution in [0, 0.1) is 5.92 Å². The molecule has 8 heteroatoms. The molecule has 1 aliphatic heterocycles. The molecule has 3 heterocycles. The maximum Gasteiger partial charge on any atom is 0.253 e. The fraction of sp³-hybridized carbons (Fsp3) is 0.360. The predicted octanol–water partition coefficient (Wildman–Crippen LogP) is 3.39. The normalized spacial score (nSPS) is 16.2. The number of H-pyrrole nitrogens is 1. The lowest BCUT2D eigenvalue weighted by Gasteiger charge is -2.35. The zero-order valence-electron chi connectivity index (χ0n) is 18.9. The first kappa shape index (κ1) is 21.3. The lowest BCUT2D eigenvalue weighted by molar-refractivity contribution is 0.149. The lowest BCUT2D eigenvalue weighted by Crippen LogP contribution is -2.40. The molecule has 0 radical (unpaired) electrons. The van der Waals surface area contributed by atoms with Crippen molar-refractivity contribution < 1.29 is 4.74 Å². The smallest absolute Gasteiger partial charge is 0.253 e. The van der Waals surface area contributed by atoms with Gasteiger partial charge in [-0.15, -0.1) is 5.10 Å². The minimum absolute atomic E-state index is 0.120. The number of pyridine rings is 1. The molecular formula is C25H28N6O2. The van der Waals surface area contributed by atoms with Gasteiger partial charge in [0.2, 0.25) is 0 Å². The summed E-state index contributed by atoms with van der Waals surface area (Å²) in [6, 6.07) is 17.4. The zero-order valence-corrected chi connectivity index (χ0v) is 18.9. The first-order valence-electron chi connectivity index (χ1n) is 11.4. The second kappa shape index (κ2) is 9.15. The van der Waals surface area contributed by atoms with E-state index in [9.17, 15) is 4.79 Å². The molecular weight excluding hydrogens is 416 g/mol. The van der Waals surface area contributed by atoms with Gasteiger partial charge in [0.15, 0.2) is 5.82 Å². The van der Waals surface area contributed by atoms with Gasteiger partial charge in [0.1, 0.15) is 11.8 Å². The van der Waals surface area contributed by atoms with Crippen molar-refractivity contribution in [2.24, 2.45) is 5.92 Å². The van der Waals surface area contributed by atoms with Crippen LogP contribution in [0.1, 0.15) is 42.8 Å². The van der Waals surface area contributed by atoms with Crippen LogP contribution < -0.4 is 10.3 Å². The number of aromatic amines is 1. The van der Waals surface area contributed by atoms with E-state index in [4.69, 9.17) is 4.74 Å². The van der Waals surface area contributed by atoms with E-state index in [2.05, 4.69) is 44.5 Å². The van der Waals surface area contributed by atoms with Crippen LogP contribution >= 0.6 is 0 Å². The van der Waals surface area contributed by atoms with Gasteiger partial charge < -0.3 is 9.72 Å². The Morgan fingerprint density at radius 2 is 1.91 bits per heavy atom. The quantitative estimate of drug-likeness (QED) is 0.490. The number of nitrogens with one attached hydrogen (secondary N) is 1. The number of ether oxygens (including phenoxy) is 1. The van der Waals surface area contributed by atoms with E-state index >= 15 is 0 Å². The van der Waals surface area contributed by atoms with Gasteiger partial charge in [-0.3, -0.25) is 9.69 Å². The summed E-state index contributed by atoms with van der Waals surface area (Å²) in [6.45, 7) is 4.60. The van der Waals surface area contributed by atoms with Gasteiger partial charge >= 0.3 is 0 Å². The van der Waals surface area contributed by atoms with Crippen molar-refractivity contribution in [3.05, 3.63) is 81.9 Å². The molecule has 1 saturated heterocycles. The second-order valence-electron chi connectivity index (χ2n) is 8.81. The Kier molecular flexibility index (Phi) is 5.92. The Balaban J connectivity index is 1.61. The highest BCUT2D eigenvalue weighted by Gasteiger charge is 2.32. The van der Waals surface area contributed by atoms with Gasteiger partial charge in [0.05, 0.1) is 13.7 Å². The zero-order chi connectivity index (χ0) is 22.8. The van der Waals surface area contributed by atoms with Crippen molar-refractivity contribution in [1.29, 1.82) is 0 Å². The van der Waals surface area contributed by atoms with E-state index in [1.54, 1.807) is 7.11 Å². The number of hydrogen-bond donors (Lipinski definition) is 1. The van der Waals surface area contributed by atoms with Gasteiger partial charge in [-0.25, -0.2) is 4.68 Å². The Bertz CT molecular complexity index is 1290. The third-order valence-electron chi connectivity index (χ3n) is 6.54. The van der Waals surface area contributed by atoms with E-state index in [1.165, 1.54) is 0 Å². The van der Waals surface area contributed by atoms with Crippen molar-refractivity contribution in [1.82, 2.24) is 30.1 Å². The monoisotopic (exact) mass is 444 g/mol. The van der Waals surface area contributed by atoms with Crippen molar-refractivity contribution >= 4 is 10.9 Å². The summed E-state index contributed by atoms with van der Waals surface area (Å²) in [5.74, 6) is 2.10. The molecule has 5 rings (SSSR count). The molecule has 1 fully saturated rings. The Morgan fingerprint density at radius 3 is 2.67 bits per heavy atom. The van der Waals surface area contributed by atoms with Crippen LogP contribution in [-0.2, 0) is 6.54 Å². The molecule has 0 aliphatic carbocycles. The molecule has 0 bridgehead atoms. The summed E-state index contributed by atoms with van der Waals surface area (Å²) < 4.78 is 7.21. The number of benzene rings is 2. The average molecular weight is 445 g/mol. The Labute approximate surface area is 192 Å². The molecule has 0 unspecified atom stereocenters. The maximum atomic E-state index is 13.3. The molecule has 1 atom stereocenters. The molecule has 8 nitrogen and oxygen atoms in total. The summed E-state index contributed by atoms with van der Waals surface area (Å²) in [5, 5.41) is 13.6. The number of hydrogen-bond acceptors (Lipinski definition) is 6. The van der Waals surface area contributed by atoms with Gasteiger partial charge in [-0.2, -0.15) is 0 Å². The average Bonchev–Trinajstić information content (AvgIpc) is 3.28. The summed E-state index contributed by atoms with van der Waals surface area (Å²) in [4.78, 5) is 18.7. The molecule has 0 spiro atoms. The van der Waals surface area contributed by atoms with Gasteiger partial charge in [-0.1, -0.05) is 37.3 Å². The van der Waals surface area contributed by atoms with Gasteiger partial charge in [0.25, 0.3) is 5.56 Å². The number of methoxy groups -OCH3 is 1. The molecule has 0 amide bonds. The number of likely N-dealkylation sites (tertiary alicyclic amines) is 1. The molecule has 0 saturated carbocycles. The fourth-order valence-corrected chi connectivity index (χ4v) is 4.59. The van der Waals surface area contributed by atoms with E-state index in [0.29, 0.717) is 23.9 Å². The number of nitrogens with zero attached hydrogens (tertiary/aromatic N) is 5. The van der Waals surface area contributed by atoms with E-state index < -0.39 is 0 Å². The standard InChI is InChI=1S/C25H28N6O2/c1-17-10-12-30(13-11-17)23(24-27-28-29-31(24)16-18-6-4-3-5-7-18)21-15-19-14-20(33-2)8-9-22(19)26-25(21)32/h3-9,14-15,17,23H,10-13,16H2,1-2H3,(H,26,32)/t23-/m0/s1. The summed E-state index contributed by atoms with van der Waals surface area (Å²) in [5.41, 5.74) is 2.41. The summed E-state index contributed by atoms with van der Waals surface area (Å²) in [6.07, 6.45) is 2.16. The van der Waals surface area contributed by atoms with Crippen molar-refractivity contribution in [2.75, 3.05) is 20.2 Å². The van der Waals surface area contributed by atoms with Crippen LogP contribution in [0.4, 0.5) is 0 Å². The number of fused-ring (bicyclic) bond motifs is 1. The van der Waals surface area contributed by atoms with E-state index in [0.717, 1.165) is 48.1 Å².